The first kappa shape index (κ1) is 29.9. The Morgan fingerprint density at radius 1 is 0.667 bits per heavy atom. The van der Waals surface area contributed by atoms with Gasteiger partial charge in [0.2, 0.25) is 0 Å². The molecule has 6 heterocycles. The van der Waals surface area contributed by atoms with Crippen molar-refractivity contribution in [2.24, 2.45) is 11.8 Å². The highest BCUT2D eigenvalue weighted by Gasteiger charge is 2.39. The number of hydrogen-bond acceptors (Lipinski definition) is 7. The lowest BCUT2D eigenvalue weighted by molar-refractivity contribution is -0.131. The normalized spacial score (nSPS) is 26.4. The summed E-state index contributed by atoms with van der Waals surface area (Å²) in [5.41, 5.74) is 2.68. The summed E-state index contributed by atoms with van der Waals surface area (Å²) in [7, 11) is 0. The van der Waals surface area contributed by atoms with E-state index < -0.39 is 0 Å². The maximum atomic E-state index is 14.8. The van der Waals surface area contributed by atoms with Crippen LogP contribution in [0.2, 0.25) is 0 Å². The third-order valence-corrected chi connectivity index (χ3v) is 10.4. The summed E-state index contributed by atoms with van der Waals surface area (Å²) in [4.78, 5) is 33.8. The zero-order valence-electron chi connectivity index (χ0n) is 25.7. The summed E-state index contributed by atoms with van der Waals surface area (Å²) in [5.74, 6) is 1.80. The Labute approximate surface area is 253 Å². The van der Waals surface area contributed by atoms with E-state index in [1.165, 1.54) is 62.5 Å². The van der Waals surface area contributed by atoms with Gasteiger partial charge in [0.15, 0.2) is 5.78 Å². The van der Waals surface area contributed by atoms with E-state index in [0.717, 1.165) is 78.3 Å². The summed E-state index contributed by atoms with van der Waals surface area (Å²) in [6, 6.07) is 8.58. The van der Waals surface area contributed by atoms with Gasteiger partial charge in [-0.2, -0.15) is 0 Å². The van der Waals surface area contributed by atoms with E-state index in [1.54, 1.807) is 0 Å². The number of carbonyl (C=O) groups is 1. The van der Waals surface area contributed by atoms with Crippen molar-refractivity contribution in [1.82, 2.24) is 29.6 Å². The molecule has 2 aromatic rings. The number of piperidine rings is 2. The fourth-order valence-electron chi connectivity index (χ4n) is 8.26. The Morgan fingerprint density at radius 2 is 1.12 bits per heavy atom. The van der Waals surface area contributed by atoms with Crippen LogP contribution in [0.5, 0.6) is 0 Å². The molecule has 0 N–H and O–H groups in total. The molecule has 4 unspecified atom stereocenters. The summed E-state index contributed by atoms with van der Waals surface area (Å²) in [6.07, 6.45) is 19.9. The maximum absolute atomic E-state index is 14.8. The lowest BCUT2D eigenvalue weighted by Crippen LogP contribution is -2.58. The van der Waals surface area contributed by atoms with Gasteiger partial charge in [0.1, 0.15) is 0 Å². The molecule has 4 saturated heterocycles. The summed E-state index contributed by atoms with van der Waals surface area (Å²) >= 11 is 0. The highest BCUT2D eigenvalue weighted by Crippen LogP contribution is 2.26. The van der Waals surface area contributed by atoms with Gasteiger partial charge in [-0.1, -0.05) is 12.1 Å². The largest absolute Gasteiger partial charge is 0.301 e. The fourth-order valence-corrected chi connectivity index (χ4v) is 8.26. The number of hydrogen-bond donors (Lipinski definition) is 0. The van der Waals surface area contributed by atoms with Crippen molar-refractivity contribution in [3.63, 3.8) is 0 Å². The van der Waals surface area contributed by atoms with Crippen molar-refractivity contribution in [2.45, 2.75) is 76.3 Å². The van der Waals surface area contributed by atoms with Gasteiger partial charge in [0.25, 0.3) is 0 Å². The first-order valence-corrected chi connectivity index (χ1v) is 17.0. The first-order valence-electron chi connectivity index (χ1n) is 17.0. The summed E-state index contributed by atoms with van der Waals surface area (Å²) in [5, 5.41) is 0. The number of aromatic nitrogens is 2. The van der Waals surface area contributed by atoms with Crippen LogP contribution in [-0.2, 0) is 17.6 Å². The molecule has 228 valence electrons. The van der Waals surface area contributed by atoms with Crippen molar-refractivity contribution in [3.05, 3.63) is 60.2 Å². The lowest BCUT2D eigenvalue weighted by Gasteiger charge is -2.41. The molecule has 6 rings (SSSR count). The second-order valence-electron chi connectivity index (χ2n) is 13.6. The maximum Gasteiger partial charge on any atom is 0.169 e. The van der Waals surface area contributed by atoms with Crippen LogP contribution in [-0.4, -0.2) is 113 Å². The Bertz CT molecular complexity index is 1000. The minimum atomic E-state index is 0.0197. The van der Waals surface area contributed by atoms with Crippen LogP contribution in [0, 0.1) is 11.8 Å². The van der Waals surface area contributed by atoms with Crippen LogP contribution in [0.3, 0.4) is 0 Å². The van der Waals surface area contributed by atoms with Crippen molar-refractivity contribution >= 4 is 5.78 Å². The average Bonchev–Trinajstić information content (AvgIpc) is 3.76. The molecule has 0 aliphatic carbocycles. The molecule has 0 bridgehead atoms. The van der Waals surface area contributed by atoms with Crippen molar-refractivity contribution in [2.75, 3.05) is 65.4 Å². The quantitative estimate of drug-likeness (QED) is 0.378. The van der Waals surface area contributed by atoms with Gasteiger partial charge in [-0.3, -0.25) is 24.6 Å². The molecule has 0 saturated carbocycles. The van der Waals surface area contributed by atoms with Crippen molar-refractivity contribution < 1.29 is 4.79 Å². The van der Waals surface area contributed by atoms with Crippen LogP contribution < -0.4 is 0 Å². The van der Waals surface area contributed by atoms with Crippen LogP contribution >= 0.6 is 0 Å². The standard InChI is InChI=1S/C35H52N6O/c42-35(33(40-17-1-2-18-40)27-38-15-7-11-31(25-38)21-29-9-5-13-36-23-29)34(41-19-3-4-20-41)28-39-16-8-12-32(26-39)22-30-10-6-14-37-24-30/h5-6,9-10,13-14,23-24,31-34H,1-4,7-8,11-12,15-22,25-28H2. The van der Waals surface area contributed by atoms with Crippen LogP contribution in [0.4, 0.5) is 0 Å². The van der Waals surface area contributed by atoms with Gasteiger partial charge in [-0.15, -0.1) is 0 Å². The lowest BCUT2D eigenvalue weighted by atomic mass is 9.90. The summed E-state index contributed by atoms with van der Waals surface area (Å²) < 4.78 is 0. The molecule has 4 aliphatic heterocycles. The van der Waals surface area contributed by atoms with Crippen molar-refractivity contribution in [1.29, 1.82) is 0 Å². The molecule has 0 aromatic carbocycles. The molecular formula is C35H52N6O. The molecule has 42 heavy (non-hydrogen) atoms. The number of nitrogens with zero attached hydrogens (tertiary/aromatic N) is 6. The minimum Gasteiger partial charge on any atom is -0.301 e. The molecule has 0 spiro atoms. The van der Waals surface area contributed by atoms with E-state index in [-0.39, 0.29) is 12.1 Å². The zero-order chi connectivity index (χ0) is 28.6. The van der Waals surface area contributed by atoms with E-state index in [0.29, 0.717) is 17.6 Å². The van der Waals surface area contributed by atoms with E-state index >= 15 is 0 Å². The Morgan fingerprint density at radius 3 is 1.52 bits per heavy atom. The minimum absolute atomic E-state index is 0.0197. The number of Topliss-reactive ketones (excluding diaryl/α,β-unsaturated/α-hetero) is 1. The zero-order valence-corrected chi connectivity index (χ0v) is 25.7. The summed E-state index contributed by atoms with van der Waals surface area (Å²) in [6.45, 7) is 10.5. The fraction of sp³-hybridized carbons (Fsp3) is 0.686. The SMILES string of the molecule is O=C(C(CN1CCCC(Cc2cccnc2)C1)N1CCCC1)C(CN1CCCC(Cc2cccnc2)C1)N1CCCC1. The van der Waals surface area contributed by atoms with Crippen LogP contribution in [0.25, 0.3) is 0 Å². The van der Waals surface area contributed by atoms with Gasteiger partial charge in [0.05, 0.1) is 12.1 Å². The number of likely N-dealkylation sites (tertiary alicyclic amines) is 4. The second kappa shape index (κ2) is 15.0. The Kier molecular flexibility index (Phi) is 10.7. The van der Waals surface area contributed by atoms with E-state index in [2.05, 4.69) is 53.8 Å². The monoisotopic (exact) mass is 572 g/mol. The molecule has 4 atom stereocenters. The molecular weight excluding hydrogens is 520 g/mol. The topological polar surface area (TPSA) is 55.8 Å². The molecule has 7 heteroatoms. The smallest absolute Gasteiger partial charge is 0.169 e. The van der Waals surface area contributed by atoms with Gasteiger partial charge >= 0.3 is 0 Å². The number of pyridine rings is 2. The van der Waals surface area contributed by atoms with Crippen LogP contribution in [0.1, 0.15) is 62.5 Å². The van der Waals surface area contributed by atoms with E-state index in [1.807, 2.05) is 24.8 Å². The number of carbonyl (C=O) groups excluding carboxylic acids is 1. The van der Waals surface area contributed by atoms with Crippen LogP contribution in [0.15, 0.2) is 49.1 Å². The third-order valence-electron chi connectivity index (χ3n) is 10.4. The van der Waals surface area contributed by atoms with E-state index in [4.69, 9.17) is 0 Å². The average molecular weight is 573 g/mol. The molecule has 7 nitrogen and oxygen atoms in total. The predicted octanol–water partition coefficient (Wildman–Crippen LogP) is 4.18. The van der Waals surface area contributed by atoms with Gasteiger partial charge < -0.3 is 9.80 Å². The van der Waals surface area contributed by atoms with E-state index in [9.17, 15) is 4.79 Å². The molecule has 2 aromatic heterocycles. The molecule has 0 radical (unpaired) electrons. The van der Waals surface area contributed by atoms with Gasteiger partial charge in [0, 0.05) is 51.0 Å². The highest BCUT2D eigenvalue weighted by molar-refractivity contribution is 5.89. The van der Waals surface area contributed by atoms with Gasteiger partial charge in [-0.25, -0.2) is 0 Å². The molecule has 4 aliphatic rings. The molecule has 0 amide bonds. The third kappa shape index (κ3) is 8.04. The van der Waals surface area contributed by atoms with Crippen molar-refractivity contribution in [3.8, 4) is 0 Å². The van der Waals surface area contributed by atoms with Gasteiger partial charge in [-0.05, 0) is 139 Å². The highest BCUT2D eigenvalue weighted by atomic mass is 16.1. The molecule has 4 fully saturated rings. The number of ketones is 1. The first-order chi connectivity index (χ1) is 20.7. The number of rotatable bonds is 12. The predicted molar refractivity (Wildman–Crippen MR) is 168 cm³/mol. The Balaban J connectivity index is 1.13. The second-order valence-corrected chi connectivity index (χ2v) is 13.6. The Hall–Kier alpha value is -2.19.